The lowest BCUT2D eigenvalue weighted by molar-refractivity contribution is -0.116. The average molecular weight is 617 g/mol. The summed E-state index contributed by atoms with van der Waals surface area (Å²) >= 11 is 5.89. The highest BCUT2D eigenvalue weighted by atomic mass is 35.5. The van der Waals surface area contributed by atoms with Crippen LogP contribution in [0.3, 0.4) is 0 Å². The number of amides is 3. The van der Waals surface area contributed by atoms with Crippen LogP contribution in [-0.4, -0.2) is 48.2 Å². The summed E-state index contributed by atoms with van der Waals surface area (Å²) in [4.78, 5) is 43.1. The number of fused-ring (bicyclic) bond motifs is 4. The minimum absolute atomic E-state index is 0.0167. The summed E-state index contributed by atoms with van der Waals surface area (Å²) in [5, 5.41) is 5.15. The maximum atomic E-state index is 15.4. The molecule has 2 aromatic carbocycles. The van der Waals surface area contributed by atoms with Gasteiger partial charge in [0.25, 0.3) is 0 Å². The van der Waals surface area contributed by atoms with Crippen LogP contribution in [0.1, 0.15) is 55.2 Å². The molecule has 5 rings (SSSR count). The third-order valence-electron chi connectivity index (χ3n) is 7.62. The van der Waals surface area contributed by atoms with E-state index in [1.54, 1.807) is 24.3 Å². The van der Waals surface area contributed by atoms with E-state index in [4.69, 9.17) is 16.3 Å². The van der Waals surface area contributed by atoms with Gasteiger partial charge in [0.15, 0.2) is 0 Å². The second kappa shape index (κ2) is 12.9. The molecule has 0 spiro atoms. The average Bonchev–Trinajstić information content (AvgIpc) is 3.17. The van der Waals surface area contributed by atoms with Crippen molar-refractivity contribution < 1.29 is 37.0 Å². The van der Waals surface area contributed by atoms with Crippen molar-refractivity contribution in [2.75, 3.05) is 30.9 Å². The summed E-state index contributed by atoms with van der Waals surface area (Å²) in [6.45, 7) is -0.268. The molecule has 0 unspecified atom stereocenters. The minimum Gasteiger partial charge on any atom is -0.453 e. The van der Waals surface area contributed by atoms with Crippen LogP contribution in [0.15, 0.2) is 42.6 Å². The topological polar surface area (TPSA) is 110 Å². The molecule has 3 heterocycles. The maximum Gasteiger partial charge on any atom is 0.411 e. The molecule has 2 aliphatic rings. The maximum absolute atomic E-state index is 15.4. The van der Waals surface area contributed by atoms with Gasteiger partial charge in [0, 0.05) is 53.0 Å². The van der Waals surface area contributed by atoms with Crippen LogP contribution >= 0.6 is 11.6 Å². The Morgan fingerprint density at radius 3 is 2.74 bits per heavy atom. The first kappa shape index (κ1) is 30.1. The number of halogens is 4. The van der Waals surface area contributed by atoms with Gasteiger partial charge in [-0.1, -0.05) is 24.1 Å². The first-order chi connectivity index (χ1) is 20.7. The number of carbonyl (C=O) groups excluding carboxylic acids is 3. The van der Waals surface area contributed by atoms with E-state index in [9.17, 15) is 23.2 Å². The summed E-state index contributed by atoms with van der Waals surface area (Å²) in [6.07, 6.45) is 1.29. The molecule has 0 saturated carbocycles. The highest BCUT2D eigenvalue weighted by molar-refractivity contribution is 6.30. The molecule has 3 aromatic rings. The fourth-order valence-electron chi connectivity index (χ4n) is 5.46. The van der Waals surface area contributed by atoms with Gasteiger partial charge in [0.1, 0.15) is 18.2 Å². The molecule has 2 aliphatic heterocycles. The molecular weight excluding hydrogens is 589 g/mol. The molecule has 2 atom stereocenters. The van der Waals surface area contributed by atoms with E-state index in [-0.39, 0.29) is 54.5 Å². The van der Waals surface area contributed by atoms with Crippen LogP contribution < -0.4 is 10.6 Å². The Labute approximate surface area is 250 Å². The number of anilines is 2. The Morgan fingerprint density at radius 2 is 1.95 bits per heavy atom. The van der Waals surface area contributed by atoms with Crippen molar-refractivity contribution >= 4 is 41.1 Å². The second-order valence-electron chi connectivity index (χ2n) is 10.3. The summed E-state index contributed by atoms with van der Waals surface area (Å²) < 4.78 is 54.9. The zero-order chi connectivity index (χ0) is 30.7. The molecule has 43 heavy (non-hydrogen) atoms. The smallest absolute Gasteiger partial charge is 0.411 e. The van der Waals surface area contributed by atoms with Crippen LogP contribution in [-0.2, 0) is 14.3 Å². The second-order valence-corrected chi connectivity index (χ2v) is 10.7. The van der Waals surface area contributed by atoms with Crippen molar-refractivity contribution in [3.8, 4) is 11.1 Å². The Morgan fingerprint density at radius 1 is 1.14 bits per heavy atom. The fraction of sp³-hybridized carbons (Fsp3) is 0.333. The predicted molar refractivity (Wildman–Crippen MR) is 152 cm³/mol. The van der Waals surface area contributed by atoms with Crippen molar-refractivity contribution in [1.29, 1.82) is 0 Å². The van der Waals surface area contributed by atoms with Gasteiger partial charge in [-0.3, -0.25) is 10.1 Å². The van der Waals surface area contributed by atoms with Gasteiger partial charge in [0.05, 0.1) is 23.9 Å². The van der Waals surface area contributed by atoms with E-state index in [0.29, 0.717) is 35.3 Å². The van der Waals surface area contributed by atoms with Crippen molar-refractivity contribution in [2.24, 2.45) is 0 Å². The SMILES string of the molecule is COC(=O)Nc1ccc2c(c1)NC(=O)CCCC[C@H](N1CC[C@H](c3c(F)ccc(Cl)c3F)COC1=O)c1cc-2cnc1F. The Kier molecular flexibility index (Phi) is 9.05. The Bertz CT molecular complexity index is 1570. The number of rotatable bonds is 3. The molecule has 9 nitrogen and oxygen atoms in total. The molecule has 2 N–H and O–H groups in total. The molecule has 2 bridgehead atoms. The molecule has 13 heteroatoms. The quantitative estimate of drug-likeness (QED) is 0.238. The van der Waals surface area contributed by atoms with Gasteiger partial charge < -0.3 is 19.7 Å². The van der Waals surface area contributed by atoms with E-state index in [0.717, 1.165) is 12.1 Å². The summed E-state index contributed by atoms with van der Waals surface area (Å²) in [5.74, 6) is -3.58. The summed E-state index contributed by atoms with van der Waals surface area (Å²) in [5.41, 5.74) is 1.54. The van der Waals surface area contributed by atoms with Gasteiger partial charge in [-0.15, -0.1) is 0 Å². The lowest BCUT2D eigenvalue weighted by Gasteiger charge is -2.30. The van der Waals surface area contributed by atoms with E-state index in [1.165, 1.54) is 18.2 Å². The highest BCUT2D eigenvalue weighted by Gasteiger charge is 2.35. The van der Waals surface area contributed by atoms with Crippen molar-refractivity contribution in [1.82, 2.24) is 9.88 Å². The van der Waals surface area contributed by atoms with Crippen LogP contribution in [0, 0.1) is 17.6 Å². The number of hydrogen-bond donors (Lipinski definition) is 2. The number of methoxy groups -OCH3 is 1. The van der Waals surface area contributed by atoms with E-state index in [2.05, 4.69) is 20.4 Å². The van der Waals surface area contributed by atoms with Gasteiger partial charge in [-0.05, 0) is 49.6 Å². The van der Waals surface area contributed by atoms with Crippen LogP contribution in [0.2, 0.25) is 5.02 Å². The number of aromatic nitrogens is 1. The normalized spacial score (nSPS) is 19.1. The first-order valence-electron chi connectivity index (χ1n) is 13.7. The van der Waals surface area contributed by atoms with Gasteiger partial charge in [-0.2, -0.15) is 4.39 Å². The molecule has 226 valence electrons. The number of ether oxygens (including phenoxy) is 2. The first-order valence-corrected chi connectivity index (χ1v) is 14.1. The number of pyridine rings is 1. The lowest BCUT2D eigenvalue weighted by atomic mass is 9.93. The number of cyclic esters (lactones) is 1. The third kappa shape index (κ3) is 6.53. The third-order valence-corrected chi connectivity index (χ3v) is 7.91. The molecule has 0 aliphatic carbocycles. The largest absolute Gasteiger partial charge is 0.453 e. The number of benzene rings is 2. The van der Waals surface area contributed by atoms with E-state index >= 15 is 4.39 Å². The zero-order valence-electron chi connectivity index (χ0n) is 23.1. The number of nitrogens with one attached hydrogen (secondary N) is 2. The minimum atomic E-state index is -0.910. The Hall–Kier alpha value is -4.32. The molecular formula is C30H28ClF3N4O5. The van der Waals surface area contributed by atoms with Crippen molar-refractivity contribution in [2.45, 2.75) is 44.1 Å². The van der Waals surface area contributed by atoms with Crippen LogP contribution in [0.4, 0.5) is 34.1 Å². The summed E-state index contributed by atoms with van der Waals surface area (Å²) in [7, 11) is 1.22. The Balaban J connectivity index is 1.51. The lowest BCUT2D eigenvalue weighted by Crippen LogP contribution is -2.35. The monoisotopic (exact) mass is 616 g/mol. The van der Waals surface area contributed by atoms with Crippen LogP contribution in [0.5, 0.6) is 0 Å². The molecule has 0 radical (unpaired) electrons. The molecule has 1 fully saturated rings. The number of carbonyl (C=O) groups is 3. The van der Waals surface area contributed by atoms with Crippen LogP contribution in [0.25, 0.3) is 11.1 Å². The fourth-order valence-corrected chi connectivity index (χ4v) is 5.62. The number of nitrogens with zero attached hydrogens (tertiary/aromatic N) is 2. The van der Waals surface area contributed by atoms with Gasteiger partial charge in [0.2, 0.25) is 11.9 Å². The van der Waals surface area contributed by atoms with Crippen molar-refractivity contribution in [3.05, 3.63) is 76.3 Å². The van der Waals surface area contributed by atoms with E-state index in [1.807, 2.05) is 0 Å². The predicted octanol–water partition coefficient (Wildman–Crippen LogP) is 7.18. The highest BCUT2D eigenvalue weighted by Crippen LogP contribution is 2.38. The van der Waals surface area contributed by atoms with Gasteiger partial charge in [-0.25, -0.2) is 23.4 Å². The zero-order valence-corrected chi connectivity index (χ0v) is 23.8. The van der Waals surface area contributed by atoms with Gasteiger partial charge >= 0.3 is 12.2 Å². The van der Waals surface area contributed by atoms with Crippen molar-refractivity contribution in [3.63, 3.8) is 0 Å². The molecule has 3 amide bonds. The molecule has 1 aromatic heterocycles. The molecule has 1 saturated heterocycles. The number of hydrogen-bond acceptors (Lipinski definition) is 6. The van der Waals surface area contributed by atoms with E-state index < -0.39 is 41.7 Å². The summed E-state index contributed by atoms with van der Waals surface area (Å²) in [6, 6.07) is 7.68. The standard InChI is InChI=1S/C30H28ClF3N4O5/c1-42-29(40)36-18-6-7-19-17-12-20(28(34)35-14-17)24(4-2-3-5-25(39)37-23(19)13-18)38-11-10-16(15-43-30(38)41)26-22(32)9-8-21(31)27(26)33/h6-9,12-14,16,24H,2-5,10-11,15H2,1H3,(H,36,40)(H,37,39)/t16-,24-/m0/s1.